The number of nitrogens with one attached hydrogen (secondary N) is 2. The van der Waals surface area contributed by atoms with E-state index in [-0.39, 0.29) is 5.69 Å². The SMILES string of the molecule is CCCn1cc(-c2n[nH]c3cc(-c4cc(C(=O)Nc5cccc(C(F)(F)F)c5)ccc4C)ccc23)cn1. The van der Waals surface area contributed by atoms with E-state index in [0.717, 1.165) is 63.9 Å². The molecule has 0 spiro atoms. The van der Waals surface area contributed by atoms with Crippen LogP contribution < -0.4 is 5.32 Å². The van der Waals surface area contributed by atoms with E-state index in [4.69, 9.17) is 0 Å². The minimum atomic E-state index is -4.49. The van der Waals surface area contributed by atoms with Gasteiger partial charge in [-0.25, -0.2) is 0 Å². The molecular formula is C28H24F3N5O. The number of fused-ring (bicyclic) bond motifs is 1. The predicted molar refractivity (Wildman–Crippen MR) is 137 cm³/mol. The van der Waals surface area contributed by atoms with E-state index < -0.39 is 17.6 Å². The summed E-state index contributed by atoms with van der Waals surface area (Å²) in [6.45, 7) is 4.87. The second kappa shape index (κ2) is 9.57. The fourth-order valence-corrected chi connectivity index (χ4v) is 4.30. The lowest BCUT2D eigenvalue weighted by Crippen LogP contribution is -2.13. The van der Waals surface area contributed by atoms with Gasteiger partial charge in [-0.15, -0.1) is 0 Å². The molecule has 0 saturated heterocycles. The molecule has 2 N–H and O–H groups in total. The third-order valence-electron chi connectivity index (χ3n) is 6.18. The summed E-state index contributed by atoms with van der Waals surface area (Å²) in [4.78, 5) is 12.9. The molecule has 2 heterocycles. The highest BCUT2D eigenvalue weighted by Gasteiger charge is 2.30. The molecule has 6 nitrogen and oxygen atoms in total. The number of aromatic nitrogens is 4. The van der Waals surface area contributed by atoms with Crippen molar-refractivity contribution in [2.75, 3.05) is 5.32 Å². The van der Waals surface area contributed by atoms with Gasteiger partial charge in [0.25, 0.3) is 5.91 Å². The number of aromatic amines is 1. The van der Waals surface area contributed by atoms with Crippen LogP contribution in [0.5, 0.6) is 0 Å². The molecule has 0 aliphatic heterocycles. The number of nitrogens with zero attached hydrogens (tertiary/aromatic N) is 3. The van der Waals surface area contributed by atoms with Crippen LogP contribution in [0.1, 0.15) is 34.8 Å². The Balaban J connectivity index is 1.43. The predicted octanol–water partition coefficient (Wildman–Crippen LogP) is 7.08. The number of H-pyrrole nitrogens is 1. The van der Waals surface area contributed by atoms with Gasteiger partial charge in [0, 0.05) is 34.9 Å². The molecule has 0 unspecified atom stereocenters. The average molecular weight is 504 g/mol. The maximum Gasteiger partial charge on any atom is 0.416 e. The number of rotatable bonds is 6. The number of hydrogen-bond donors (Lipinski definition) is 2. The van der Waals surface area contributed by atoms with Gasteiger partial charge in [-0.1, -0.05) is 25.1 Å². The molecular weight excluding hydrogens is 479 g/mol. The number of halogens is 3. The summed E-state index contributed by atoms with van der Waals surface area (Å²) in [5.74, 6) is -0.491. The quantitative estimate of drug-likeness (QED) is 0.260. The van der Waals surface area contributed by atoms with Crippen molar-refractivity contribution in [1.29, 1.82) is 0 Å². The number of carbonyl (C=O) groups excluding carboxylic acids is 1. The van der Waals surface area contributed by atoms with E-state index in [1.54, 1.807) is 18.3 Å². The highest BCUT2D eigenvalue weighted by molar-refractivity contribution is 6.05. The minimum absolute atomic E-state index is 0.0793. The zero-order chi connectivity index (χ0) is 26.2. The number of anilines is 1. The molecule has 0 bridgehead atoms. The van der Waals surface area contributed by atoms with Crippen LogP contribution in [0.15, 0.2) is 73.1 Å². The number of hydrogen-bond acceptors (Lipinski definition) is 3. The van der Waals surface area contributed by atoms with Gasteiger partial charge in [0.15, 0.2) is 0 Å². The first-order valence-corrected chi connectivity index (χ1v) is 11.8. The van der Waals surface area contributed by atoms with Crippen molar-refractivity contribution in [1.82, 2.24) is 20.0 Å². The Morgan fingerprint density at radius 1 is 1.05 bits per heavy atom. The molecule has 0 aliphatic rings. The van der Waals surface area contributed by atoms with E-state index in [1.807, 2.05) is 42.1 Å². The molecule has 3 aromatic carbocycles. The monoisotopic (exact) mass is 503 g/mol. The largest absolute Gasteiger partial charge is 0.416 e. The van der Waals surface area contributed by atoms with Crippen LogP contribution in [-0.2, 0) is 12.7 Å². The van der Waals surface area contributed by atoms with Crippen LogP contribution in [0.3, 0.4) is 0 Å². The molecule has 0 fully saturated rings. The summed E-state index contributed by atoms with van der Waals surface area (Å²) in [6, 6.07) is 15.7. The molecule has 188 valence electrons. The highest BCUT2D eigenvalue weighted by atomic mass is 19.4. The Morgan fingerprint density at radius 2 is 1.89 bits per heavy atom. The number of carbonyl (C=O) groups is 1. The summed E-state index contributed by atoms with van der Waals surface area (Å²) < 4.78 is 41.0. The van der Waals surface area contributed by atoms with Crippen molar-refractivity contribution in [2.45, 2.75) is 33.0 Å². The molecule has 9 heteroatoms. The molecule has 0 saturated carbocycles. The molecule has 5 rings (SSSR count). The summed E-state index contributed by atoms with van der Waals surface area (Å²) in [6.07, 6.45) is 0.278. The first-order chi connectivity index (χ1) is 17.7. The molecule has 1 amide bonds. The lowest BCUT2D eigenvalue weighted by Gasteiger charge is -2.12. The third-order valence-corrected chi connectivity index (χ3v) is 6.18. The van der Waals surface area contributed by atoms with Gasteiger partial charge in [0.05, 0.1) is 17.3 Å². The Kier molecular flexibility index (Phi) is 6.29. The number of amides is 1. The van der Waals surface area contributed by atoms with Crippen molar-refractivity contribution in [3.63, 3.8) is 0 Å². The molecule has 5 aromatic rings. The Labute approximate surface area is 211 Å². The van der Waals surface area contributed by atoms with Gasteiger partial charge in [-0.2, -0.15) is 23.4 Å². The second-order valence-electron chi connectivity index (χ2n) is 8.89. The van der Waals surface area contributed by atoms with Gasteiger partial charge >= 0.3 is 6.18 Å². The molecule has 2 aromatic heterocycles. The molecule has 0 radical (unpaired) electrons. The number of benzene rings is 3. The topological polar surface area (TPSA) is 75.6 Å². The van der Waals surface area contributed by atoms with E-state index >= 15 is 0 Å². The van der Waals surface area contributed by atoms with Crippen molar-refractivity contribution >= 4 is 22.5 Å². The van der Waals surface area contributed by atoms with E-state index in [2.05, 4.69) is 27.5 Å². The standard InChI is InChI=1S/C28H24F3N5O/c1-3-11-36-16-20(15-32-36)26-23-10-9-18(13-25(23)34-35-26)24-12-19(8-7-17(24)2)27(37)33-22-6-4-5-21(14-22)28(29,30)31/h4-10,12-16H,3,11H2,1-2H3,(H,33,37)(H,34,35). The zero-order valence-corrected chi connectivity index (χ0v) is 20.2. The maximum absolute atomic E-state index is 13.0. The second-order valence-corrected chi connectivity index (χ2v) is 8.89. The van der Waals surface area contributed by atoms with Crippen molar-refractivity contribution in [3.05, 3.63) is 89.7 Å². The van der Waals surface area contributed by atoms with Gasteiger partial charge in [0.1, 0.15) is 5.69 Å². The van der Waals surface area contributed by atoms with Crippen LogP contribution >= 0.6 is 0 Å². The van der Waals surface area contributed by atoms with E-state index in [9.17, 15) is 18.0 Å². The smallest absolute Gasteiger partial charge is 0.322 e. The Bertz CT molecular complexity index is 1600. The lowest BCUT2D eigenvalue weighted by molar-refractivity contribution is -0.137. The fourth-order valence-electron chi connectivity index (χ4n) is 4.30. The molecule has 0 atom stereocenters. The molecule has 37 heavy (non-hydrogen) atoms. The third kappa shape index (κ3) is 4.97. The van der Waals surface area contributed by atoms with E-state index in [1.165, 1.54) is 12.1 Å². The van der Waals surface area contributed by atoms with Crippen LogP contribution in [0.4, 0.5) is 18.9 Å². The Hall–Kier alpha value is -4.40. The summed E-state index contributed by atoms with van der Waals surface area (Å²) in [5, 5.41) is 15.5. The number of aryl methyl sites for hydroxylation is 2. The van der Waals surface area contributed by atoms with Crippen molar-refractivity contribution < 1.29 is 18.0 Å². The van der Waals surface area contributed by atoms with Gasteiger partial charge in [-0.05, 0) is 72.5 Å². The van der Waals surface area contributed by atoms with Gasteiger partial charge < -0.3 is 5.32 Å². The van der Waals surface area contributed by atoms with E-state index in [0.29, 0.717) is 5.56 Å². The van der Waals surface area contributed by atoms with Crippen molar-refractivity contribution in [3.8, 4) is 22.4 Å². The summed E-state index contributed by atoms with van der Waals surface area (Å²) >= 11 is 0. The Morgan fingerprint density at radius 3 is 2.68 bits per heavy atom. The van der Waals surface area contributed by atoms with Gasteiger partial charge in [0.2, 0.25) is 0 Å². The molecule has 0 aliphatic carbocycles. The summed E-state index contributed by atoms with van der Waals surface area (Å²) in [7, 11) is 0. The zero-order valence-electron chi connectivity index (χ0n) is 20.2. The van der Waals surface area contributed by atoms with Gasteiger partial charge in [-0.3, -0.25) is 14.6 Å². The first-order valence-electron chi connectivity index (χ1n) is 11.8. The average Bonchev–Trinajstić information content (AvgIpc) is 3.50. The maximum atomic E-state index is 13.0. The van der Waals surface area contributed by atoms with Crippen molar-refractivity contribution in [2.24, 2.45) is 0 Å². The highest BCUT2D eigenvalue weighted by Crippen LogP contribution is 2.33. The summed E-state index contributed by atoms with van der Waals surface area (Å²) in [5.41, 5.74) is 4.86. The normalized spacial score (nSPS) is 11.7. The lowest BCUT2D eigenvalue weighted by atomic mass is 9.96. The van der Waals surface area contributed by atoms with Crippen LogP contribution in [0.25, 0.3) is 33.3 Å². The fraction of sp³-hybridized carbons (Fsp3) is 0.179. The first kappa shape index (κ1) is 24.3. The van der Waals surface area contributed by atoms with Crippen LogP contribution in [0.2, 0.25) is 0 Å². The van der Waals surface area contributed by atoms with Crippen LogP contribution in [-0.4, -0.2) is 25.9 Å². The number of alkyl halides is 3. The minimum Gasteiger partial charge on any atom is -0.322 e. The van der Waals surface area contributed by atoms with Crippen LogP contribution in [0, 0.1) is 6.92 Å².